The van der Waals surface area contributed by atoms with E-state index in [0.29, 0.717) is 5.56 Å². The normalized spacial score (nSPS) is 16.3. The summed E-state index contributed by atoms with van der Waals surface area (Å²) in [6.07, 6.45) is 0. The zero-order chi connectivity index (χ0) is 11.7. The van der Waals surface area contributed by atoms with Crippen LogP contribution in [-0.4, -0.2) is 32.0 Å². The lowest BCUT2D eigenvalue weighted by Crippen LogP contribution is -2.45. The fraction of sp³-hybridized carbons (Fsp3) is 0.400. The SMILES string of the molecule is CN(C)C(C)(c1ccccc1)S(=O)(=O)O. The van der Waals surface area contributed by atoms with Crippen molar-refractivity contribution >= 4 is 10.1 Å². The quantitative estimate of drug-likeness (QED) is 0.794. The fourth-order valence-corrected chi connectivity index (χ4v) is 2.28. The summed E-state index contributed by atoms with van der Waals surface area (Å²) in [6, 6.07) is 8.62. The molecule has 84 valence electrons. The lowest BCUT2D eigenvalue weighted by Gasteiger charge is -2.33. The van der Waals surface area contributed by atoms with Crippen LogP contribution in [0.1, 0.15) is 12.5 Å². The molecule has 1 atom stereocenters. The Balaban J connectivity index is 3.39. The Kier molecular flexibility index (Phi) is 3.18. The average Bonchev–Trinajstić information content (AvgIpc) is 2.16. The second-order valence-electron chi connectivity index (χ2n) is 3.72. The van der Waals surface area contributed by atoms with Gasteiger partial charge in [-0.1, -0.05) is 30.3 Å². The van der Waals surface area contributed by atoms with Crippen molar-refractivity contribution in [3.05, 3.63) is 35.9 Å². The van der Waals surface area contributed by atoms with Gasteiger partial charge in [-0.2, -0.15) is 8.42 Å². The lowest BCUT2D eigenvalue weighted by molar-refractivity contribution is 0.244. The summed E-state index contributed by atoms with van der Waals surface area (Å²) in [6.45, 7) is 1.47. The molecule has 0 aromatic heterocycles. The van der Waals surface area contributed by atoms with E-state index < -0.39 is 15.0 Å². The molecular formula is C10H15NO3S. The molecule has 1 aromatic carbocycles. The Morgan fingerprint density at radius 1 is 1.20 bits per heavy atom. The van der Waals surface area contributed by atoms with Crippen LogP contribution in [0.2, 0.25) is 0 Å². The van der Waals surface area contributed by atoms with Crippen molar-refractivity contribution in [2.45, 2.75) is 11.8 Å². The molecule has 4 nitrogen and oxygen atoms in total. The summed E-state index contributed by atoms with van der Waals surface area (Å²) < 4.78 is 32.1. The first-order valence-corrected chi connectivity index (χ1v) is 5.94. The minimum Gasteiger partial charge on any atom is -0.285 e. The molecule has 5 heteroatoms. The van der Waals surface area contributed by atoms with Crippen LogP contribution in [0.25, 0.3) is 0 Å². The van der Waals surface area contributed by atoms with Gasteiger partial charge in [-0.05, 0) is 26.6 Å². The van der Waals surface area contributed by atoms with Gasteiger partial charge in [0.25, 0.3) is 10.1 Å². The topological polar surface area (TPSA) is 57.6 Å². The second kappa shape index (κ2) is 3.92. The molecule has 0 fully saturated rings. The van der Waals surface area contributed by atoms with Crippen molar-refractivity contribution in [3.8, 4) is 0 Å². The molecule has 0 saturated heterocycles. The third-order valence-electron chi connectivity index (χ3n) is 2.67. The molecule has 0 aliphatic heterocycles. The van der Waals surface area contributed by atoms with Crippen molar-refractivity contribution in [1.82, 2.24) is 4.90 Å². The third-order valence-corrected chi connectivity index (χ3v) is 4.27. The lowest BCUT2D eigenvalue weighted by atomic mass is 10.1. The van der Waals surface area contributed by atoms with Gasteiger partial charge in [-0.25, -0.2) is 0 Å². The maximum Gasteiger partial charge on any atom is 0.288 e. The molecule has 0 heterocycles. The van der Waals surface area contributed by atoms with Crippen molar-refractivity contribution < 1.29 is 13.0 Å². The van der Waals surface area contributed by atoms with Gasteiger partial charge in [0, 0.05) is 0 Å². The summed E-state index contributed by atoms with van der Waals surface area (Å²) >= 11 is 0. The molecule has 1 aromatic rings. The highest BCUT2D eigenvalue weighted by atomic mass is 32.2. The van der Waals surface area contributed by atoms with Gasteiger partial charge in [0.1, 0.15) is 0 Å². The van der Waals surface area contributed by atoms with Crippen LogP contribution in [0.4, 0.5) is 0 Å². The van der Waals surface area contributed by atoms with Crippen LogP contribution >= 0.6 is 0 Å². The van der Waals surface area contributed by atoms with Gasteiger partial charge in [0.05, 0.1) is 0 Å². The summed E-state index contributed by atoms with van der Waals surface area (Å²) in [5.41, 5.74) is 0.539. The maximum absolute atomic E-state index is 11.4. The monoisotopic (exact) mass is 229 g/mol. The predicted octanol–water partition coefficient (Wildman–Crippen LogP) is 1.31. The molecule has 1 unspecified atom stereocenters. The van der Waals surface area contributed by atoms with Crippen molar-refractivity contribution in [2.24, 2.45) is 0 Å². The van der Waals surface area contributed by atoms with E-state index in [1.807, 2.05) is 0 Å². The Morgan fingerprint density at radius 2 is 1.67 bits per heavy atom. The highest BCUT2D eigenvalue weighted by molar-refractivity contribution is 7.86. The largest absolute Gasteiger partial charge is 0.288 e. The Hall–Kier alpha value is -0.910. The summed E-state index contributed by atoms with van der Waals surface area (Å²) in [5, 5.41) is 0. The molecule has 1 N–H and O–H groups in total. The van der Waals surface area contributed by atoms with Gasteiger partial charge < -0.3 is 0 Å². The Bertz CT molecular complexity index is 427. The third kappa shape index (κ3) is 2.04. The first kappa shape index (κ1) is 12.2. The van der Waals surface area contributed by atoms with E-state index in [0.717, 1.165) is 0 Å². The fourth-order valence-electron chi connectivity index (χ4n) is 1.39. The molecule has 15 heavy (non-hydrogen) atoms. The van der Waals surface area contributed by atoms with Crippen molar-refractivity contribution in [3.63, 3.8) is 0 Å². The molecular weight excluding hydrogens is 214 g/mol. The first-order chi connectivity index (χ1) is 6.80. The van der Waals surface area contributed by atoms with Gasteiger partial charge in [0.15, 0.2) is 4.87 Å². The van der Waals surface area contributed by atoms with Gasteiger partial charge >= 0.3 is 0 Å². The minimum absolute atomic E-state index is 0.539. The van der Waals surface area contributed by atoms with Gasteiger partial charge in [-0.15, -0.1) is 0 Å². The number of hydrogen-bond donors (Lipinski definition) is 1. The van der Waals surface area contributed by atoms with E-state index in [1.54, 1.807) is 44.4 Å². The molecule has 0 aliphatic carbocycles. The summed E-state index contributed by atoms with van der Waals surface area (Å²) in [4.78, 5) is 0.0614. The minimum atomic E-state index is -4.19. The van der Waals surface area contributed by atoms with Crippen LogP contribution < -0.4 is 0 Å². The smallest absolute Gasteiger partial charge is 0.285 e. The Morgan fingerprint density at radius 3 is 2.00 bits per heavy atom. The highest BCUT2D eigenvalue weighted by Gasteiger charge is 2.41. The van der Waals surface area contributed by atoms with E-state index in [1.165, 1.54) is 11.8 Å². The zero-order valence-electron chi connectivity index (χ0n) is 9.01. The van der Waals surface area contributed by atoms with Crippen molar-refractivity contribution in [1.29, 1.82) is 0 Å². The number of nitrogens with zero attached hydrogens (tertiary/aromatic N) is 1. The van der Waals surface area contributed by atoms with Crippen LogP contribution in [0.15, 0.2) is 30.3 Å². The molecule has 0 radical (unpaired) electrons. The van der Waals surface area contributed by atoms with Crippen LogP contribution in [0, 0.1) is 0 Å². The molecule has 0 aliphatic rings. The first-order valence-electron chi connectivity index (χ1n) is 4.50. The number of hydrogen-bond acceptors (Lipinski definition) is 3. The molecule has 0 bridgehead atoms. The average molecular weight is 229 g/mol. The number of rotatable bonds is 3. The zero-order valence-corrected chi connectivity index (χ0v) is 9.82. The number of benzene rings is 1. The van der Waals surface area contributed by atoms with E-state index in [2.05, 4.69) is 0 Å². The predicted molar refractivity (Wildman–Crippen MR) is 59.0 cm³/mol. The van der Waals surface area contributed by atoms with Gasteiger partial charge in [-0.3, -0.25) is 9.45 Å². The Labute approximate surface area is 90.3 Å². The van der Waals surface area contributed by atoms with Crippen LogP contribution in [-0.2, 0) is 15.0 Å². The van der Waals surface area contributed by atoms with Crippen LogP contribution in [0.3, 0.4) is 0 Å². The van der Waals surface area contributed by atoms with E-state index in [9.17, 15) is 13.0 Å². The highest BCUT2D eigenvalue weighted by Crippen LogP contribution is 2.30. The molecule has 1 rings (SSSR count). The second-order valence-corrected chi connectivity index (χ2v) is 5.46. The summed E-state index contributed by atoms with van der Waals surface area (Å²) in [5.74, 6) is 0. The summed E-state index contributed by atoms with van der Waals surface area (Å²) in [7, 11) is -0.967. The van der Waals surface area contributed by atoms with Crippen molar-refractivity contribution in [2.75, 3.05) is 14.1 Å². The standard InChI is InChI=1S/C10H15NO3S/c1-10(11(2)3,15(12,13)14)9-7-5-4-6-8-9/h4-8H,1-3H3,(H,12,13,14). The van der Waals surface area contributed by atoms with E-state index in [-0.39, 0.29) is 0 Å². The molecule has 0 amide bonds. The molecule has 0 saturated carbocycles. The van der Waals surface area contributed by atoms with E-state index in [4.69, 9.17) is 0 Å². The molecule has 0 spiro atoms. The van der Waals surface area contributed by atoms with Gasteiger partial charge in [0.2, 0.25) is 0 Å². The van der Waals surface area contributed by atoms with Crippen LogP contribution in [0.5, 0.6) is 0 Å². The maximum atomic E-state index is 11.4. The van der Waals surface area contributed by atoms with E-state index >= 15 is 0 Å².